The van der Waals surface area contributed by atoms with E-state index in [1.54, 1.807) is 11.8 Å². The van der Waals surface area contributed by atoms with Crippen molar-refractivity contribution in [2.75, 3.05) is 16.8 Å². The molecule has 0 fully saturated rings. The molecule has 0 aliphatic carbocycles. The normalized spacial score (nSPS) is 12.1. The number of phenols is 1. The van der Waals surface area contributed by atoms with Crippen LogP contribution >= 0.6 is 11.8 Å². The first-order chi connectivity index (χ1) is 14.3. The molecule has 170 valence electrons. The number of hydrogen-bond acceptors (Lipinski definition) is 3. The van der Waals surface area contributed by atoms with Gasteiger partial charge in [0.2, 0.25) is 5.91 Å². The first-order valence-electron chi connectivity index (χ1n) is 11.1. The van der Waals surface area contributed by atoms with Crippen molar-refractivity contribution in [1.82, 2.24) is 0 Å². The molecule has 0 saturated heterocycles. The Morgan fingerprint density at radius 2 is 1.58 bits per heavy atom. The second-order valence-corrected chi connectivity index (χ2v) is 11.6. The molecule has 1 amide bonds. The second-order valence-electron chi connectivity index (χ2n) is 10.5. The van der Waals surface area contributed by atoms with Gasteiger partial charge in [0, 0.05) is 5.69 Å². The maximum absolute atomic E-state index is 12.3. The summed E-state index contributed by atoms with van der Waals surface area (Å²) >= 11 is 1.67. The Morgan fingerprint density at radius 3 is 2.13 bits per heavy atom. The standard InChI is InChI=1S/C27H39NO2S/c1-18-11-9-13-23(19(18)2)28-24(29)17-31-14-10-12-20-15-21(26(3,4)5)25(30)22(16-20)27(6,7)8/h9,11,13,15-16,30H,10,12,14,17H2,1-8H3,(H,28,29). The Morgan fingerprint density at radius 1 is 1.00 bits per heavy atom. The summed E-state index contributed by atoms with van der Waals surface area (Å²) in [6.07, 6.45) is 1.94. The molecule has 2 aromatic carbocycles. The number of anilines is 1. The molecule has 0 atom stereocenters. The summed E-state index contributed by atoms with van der Waals surface area (Å²) in [6.45, 7) is 16.9. The van der Waals surface area contributed by atoms with Crippen LogP contribution in [0.5, 0.6) is 5.75 Å². The molecule has 0 saturated carbocycles. The van der Waals surface area contributed by atoms with Crippen LogP contribution in [-0.4, -0.2) is 22.5 Å². The van der Waals surface area contributed by atoms with Crippen LogP contribution in [0.3, 0.4) is 0 Å². The van der Waals surface area contributed by atoms with Gasteiger partial charge in [-0.25, -0.2) is 0 Å². The third kappa shape index (κ3) is 7.03. The molecule has 0 aliphatic heterocycles. The maximum atomic E-state index is 12.3. The van der Waals surface area contributed by atoms with Crippen LogP contribution in [-0.2, 0) is 22.0 Å². The van der Waals surface area contributed by atoms with Crippen molar-refractivity contribution in [2.24, 2.45) is 0 Å². The van der Waals surface area contributed by atoms with E-state index in [0.29, 0.717) is 11.5 Å². The van der Waals surface area contributed by atoms with Gasteiger partial charge in [-0.3, -0.25) is 4.79 Å². The van der Waals surface area contributed by atoms with Gasteiger partial charge >= 0.3 is 0 Å². The van der Waals surface area contributed by atoms with E-state index in [2.05, 4.69) is 72.0 Å². The largest absolute Gasteiger partial charge is 0.507 e. The smallest absolute Gasteiger partial charge is 0.234 e. The lowest BCUT2D eigenvalue weighted by Gasteiger charge is -2.28. The summed E-state index contributed by atoms with van der Waals surface area (Å²) in [5.41, 5.74) is 6.26. The van der Waals surface area contributed by atoms with Gasteiger partial charge in [0.05, 0.1) is 5.75 Å². The first-order valence-corrected chi connectivity index (χ1v) is 12.3. The zero-order valence-corrected chi connectivity index (χ0v) is 21.3. The number of hydrogen-bond donors (Lipinski definition) is 2. The van der Waals surface area contributed by atoms with Crippen LogP contribution in [0.1, 0.15) is 75.8 Å². The minimum Gasteiger partial charge on any atom is -0.507 e. The van der Waals surface area contributed by atoms with Crippen LogP contribution in [0.25, 0.3) is 0 Å². The molecule has 0 aromatic heterocycles. The molecule has 0 spiro atoms. The number of benzene rings is 2. The van der Waals surface area contributed by atoms with Gasteiger partial charge in [0.1, 0.15) is 5.75 Å². The van der Waals surface area contributed by atoms with Crippen molar-refractivity contribution in [2.45, 2.75) is 79.1 Å². The zero-order valence-electron chi connectivity index (χ0n) is 20.5. The summed E-state index contributed by atoms with van der Waals surface area (Å²) in [5, 5.41) is 13.9. The number of carbonyl (C=O) groups excluding carboxylic acids is 1. The molecule has 0 heterocycles. The summed E-state index contributed by atoms with van der Waals surface area (Å²) in [7, 11) is 0. The number of carbonyl (C=O) groups is 1. The minimum atomic E-state index is -0.110. The topological polar surface area (TPSA) is 49.3 Å². The highest BCUT2D eigenvalue weighted by Gasteiger charge is 2.26. The molecule has 0 bridgehead atoms. The average Bonchev–Trinajstić information content (AvgIpc) is 2.64. The number of nitrogens with one attached hydrogen (secondary N) is 1. The third-order valence-corrected chi connectivity index (χ3v) is 6.70. The predicted molar refractivity (Wildman–Crippen MR) is 136 cm³/mol. The molecule has 0 unspecified atom stereocenters. The van der Waals surface area contributed by atoms with Gasteiger partial charge in [0.25, 0.3) is 0 Å². The molecule has 0 radical (unpaired) electrons. The lowest BCUT2D eigenvalue weighted by molar-refractivity contribution is -0.113. The van der Waals surface area contributed by atoms with Crippen molar-refractivity contribution in [3.63, 3.8) is 0 Å². The van der Waals surface area contributed by atoms with Crippen LogP contribution in [0, 0.1) is 13.8 Å². The highest BCUT2D eigenvalue weighted by Crippen LogP contribution is 2.40. The van der Waals surface area contributed by atoms with Gasteiger partial charge in [-0.05, 0) is 77.2 Å². The Hall–Kier alpha value is -1.94. The van der Waals surface area contributed by atoms with Gasteiger partial charge in [-0.15, -0.1) is 0 Å². The van der Waals surface area contributed by atoms with E-state index in [4.69, 9.17) is 0 Å². The van der Waals surface area contributed by atoms with E-state index in [-0.39, 0.29) is 16.7 Å². The van der Waals surface area contributed by atoms with Crippen LogP contribution < -0.4 is 5.32 Å². The maximum Gasteiger partial charge on any atom is 0.234 e. The van der Waals surface area contributed by atoms with Crippen LogP contribution in [0.2, 0.25) is 0 Å². The van der Waals surface area contributed by atoms with Crippen LogP contribution in [0.15, 0.2) is 30.3 Å². The summed E-state index contributed by atoms with van der Waals surface area (Å²) in [6, 6.07) is 10.3. The van der Waals surface area contributed by atoms with Gasteiger partial charge < -0.3 is 10.4 Å². The van der Waals surface area contributed by atoms with Crippen molar-refractivity contribution in [3.05, 3.63) is 58.1 Å². The molecule has 31 heavy (non-hydrogen) atoms. The Labute approximate surface area is 193 Å². The van der Waals surface area contributed by atoms with Crippen molar-refractivity contribution in [3.8, 4) is 5.75 Å². The molecule has 2 rings (SSSR count). The number of aromatic hydroxyl groups is 1. The molecule has 2 aromatic rings. The molecule has 2 N–H and O–H groups in total. The van der Waals surface area contributed by atoms with E-state index in [9.17, 15) is 9.90 Å². The number of aryl methyl sites for hydroxylation is 2. The number of phenolic OH excluding ortho intramolecular Hbond substituents is 1. The van der Waals surface area contributed by atoms with E-state index in [1.165, 1.54) is 11.1 Å². The Kier molecular flexibility index (Phi) is 8.27. The zero-order chi connectivity index (χ0) is 23.4. The quantitative estimate of drug-likeness (QED) is 0.459. The van der Waals surface area contributed by atoms with E-state index in [0.717, 1.165) is 41.0 Å². The highest BCUT2D eigenvalue weighted by atomic mass is 32.2. The summed E-state index contributed by atoms with van der Waals surface area (Å²) in [4.78, 5) is 12.3. The first kappa shape index (κ1) is 25.3. The van der Waals surface area contributed by atoms with E-state index >= 15 is 0 Å². The SMILES string of the molecule is Cc1cccc(NC(=O)CSCCCc2cc(C(C)(C)C)c(O)c(C(C)(C)C)c2)c1C. The number of thioether (sulfide) groups is 1. The number of rotatable bonds is 7. The molecule has 3 nitrogen and oxygen atoms in total. The lowest BCUT2D eigenvalue weighted by Crippen LogP contribution is -2.18. The van der Waals surface area contributed by atoms with Crippen molar-refractivity contribution >= 4 is 23.4 Å². The monoisotopic (exact) mass is 441 g/mol. The fourth-order valence-corrected chi connectivity index (χ4v) is 4.35. The molecular weight excluding hydrogens is 402 g/mol. The average molecular weight is 442 g/mol. The van der Waals surface area contributed by atoms with Gasteiger partial charge in [-0.2, -0.15) is 11.8 Å². The molecule has 0 aliphatic rings. The van der Waals surface area contributed by atoms with E-state index < -0.39 is 0 Å². The van der Waals surface area contributed by atoms with Gasteiger partial charge in [-0.1, -0.05) is 65.8 Å². The predicted octanol–water partition coefficient (Wildman–Crippen LogP) is 6.91. The summed E-state index contributed by atoms with van der Waals surface area (Å²) < 4.78 is 0. The fraction of sp³-hybridized carbons (Fsp3) is 0.519. The minimum absolute atomic E-state index is 0.0494. The fourth-order valence-electron chi connectivity index (χ4n) is 3.60. The lowest BCUT2D eigenvalue weighted by atomic mass is 9.78. The van der Waals surface area contributed by atoms with E-state index in [1.807, 2.05) is 19.1 Å². The van der Waals surface area contributed by atoms with Crippen LogP contribution in [0.4, 0.5) is 5.69 Å². The Bertz CT molecular complexity index is 885. The highest BCUT2D eigenvalue weighted by molar-refractivity contribution is 7.99. The third-order valence-electron chi connectivity index (χ3n) is 5.65. The van der Waals surface area contributed by atoms with Crippen molar-refractivity contribution in [1.29, 1.82) is 0 Å². The second kappa shape index (κ2) is 10.1. The van der Waals surface area contributed by atoms with Crippen molar-refractivity contribution < 1.29 is 9.90 Å². The Balaban J connectivity index is 1.93. The van der Waals surface area contributed by atoms with Gasteiger partial charge in [0.15, 0.2) is 0 Å². The molecule has 4 heteroatoms. The number of amides is 1. The summed E-state index contributed by atoms with van der Waals surface area (Å²) in [5.74, 6) is 1.87. The molecular formula is C27H39NO2S.